The summed E-state index contributed by atoms with van der Waals surface area (Å²) >= 11 is 0. The fourth-order valence-electron chi connectivity index (χ4n) is 5.26. The second kappa shape index (κ2) is 10.7. The van der Waals surface area contributed by atoms with Crippen molar-refractivity contribution in [3.63, 3.8) is 0 Å². The predicted octanol–water partition coefficient (Wildman–Crippen LogP) is 1.72. The Morgan fingerprint density at radius 3 is 2.40 bits per heavy atom. The van der Waals surface area contributed by atoms with Gasteiger partial charge in [-0.25, -0.2) is 9.97 Å². The SMILES string of the molecule is CC(=O)N1CCC(Nc2cc(C(=O)NC[C@@H](CN3Cc4ccccc4C3)N3CCC3)ncn2)CC1. The molecule has 3 aliphatic heterocycles. The van der Waals surface area contributed by atoms with Gasteiger partial charge in [-0.05, 0) is 43.5 Å². The lowest BCUT2D eigenvalue weighted by Gasteiger charge is -2.40. The highest BCUT2D eigenvalue weighted by Crippen LogP contribution is 2.24. The second-order valence-corrected chi connectivity index (χ2v) is 9.90. The molecule has 0 aliphatic carbocycles. The monoisotopic (exact) mass is 477 g/mol. The van der Waals surface area contributed by atoms with E-state index in [1.165, 1.54) is 23.9 Å². The van der Waals surface area contributed by atoms with E-state index in [-0.39, 0.29) is 23.9 Å². The fraction of sp³-hybridized carbons (Fsp3) is 0.538. The first-order chi connectivity index (χ1) is 17.0. The summed E-state index contributed by atoms with van der Waals surface area (Å²) in [7, 11) is 0. The van der Waals surface area contributed by atoms with Gasteiger partial charge in [-0.3, -0.25) is 19.4 Å². The molecule has 5 rings (SSSR count). The van der Waals surface area contributed by atoms with Crippen LogP contribution in [0.1, 0.15) is 47.8 Å². The minimum Gasteiger partial charge on any atom is -0.367 e. The third kappa shape index (κ3) is 5.79. The van der Waals surface area contributed by atoms with Crippen molar-refractivity contribution in [2.75, 3.05) is 44.6 Å². The minimum atomic E-state index is -0.169. The van der Waals surface area contributed by atoms with E-state index in [0.717, 1.165) is 58.7 Å². The number of likely N-dealkylation sites (tertiary alicyclic amines) is 2. The number of benzene rings is 1. The molecule has 186 valence electrons. The molecule has 3 aliphatic rings. The van der Waals surface area contributed by atoms with Crippen molar-refractivity contribution in [2.45, 2.75) is 51.4 Å². The molecular weight excluding hydrogens is 442 g/mol. The molecule has 1 aromatic heterocycles. The molecule has 1 aromatic carbocycles. The van der Waals surface area contributed by atoms with Gasteiger partial charge in [0.1, 0.15) is 17.8 Å². The Hall–Kier alpha value is -3.04. The maximum absolute atomic E-state index is 13.0. The number of anilines is 1. The van der Waals surface area contributed by atoms with Gasteiger partial charge in [0.15, 0.2) is 0 Å². The van der Waals surface area contributed by atoms with Crippen molar-refractivity contribution in [1.29, 1.82) is 0 Å². The standard InChI is InChI=1S/C26H35N7O2/c1-19(34)32-11-7-22(8-12-32)30-25-13-24(28-18-29-25)26(35)27-14-23(33-9-4-10-33)17-31-15-20-5-2-3-6-21(20)16-31/h2-3,5-6,13,18,22-23H,4,7-12,14-17H2,1H3,(H,27,35)(H,28,29,30)/t23-/m0/s1. The lowest BCUT2D eigenvalue weighted by molar-refractivity contribution is -0.129. The zero-order valence-corrected chi connectivity index (χ0v) is 20.4. The number of nitrogens with zero attached hydrogens (tertiary/aromatic N) is 5. The predicted molar refractivity (Wildman–Crippen MR) is 134 cm³/mol. The summed E-state index contributed by atoms with van der Waals surface area (Å²) in [5.74, 6) is 0.605. The third-order valence-electron chi connectivity index (χ3n) is 7.47. The lowest BCUT2D eigenvalue weighted by atomic mass is 10.1. The molecule has 1 atom stereocenters. The van der Waals surface area contributed by atoms with Crippen LogP contribution in [-0.2, 0) is 17.9 Å². The van der Waals surface area contributed by atoms with Gasteiger partial charge in [-0.2, -0.15) is 0 Å². The average Bonchev–Trinajstić information content (AvgIpc) is 3.24. The molecule has 2 saturated heterocycles. The highest BCUT2D eigenvalue weighted by molar-refractivity contribution is 5.92. The number of carbonyl (C=O) groups is 2. The first kappa shape index (κ1) is 23.7. The molecule has 0 unspecified atom stereocenters. The summed E-state index contributed by atoms with van der Waals surface area (Å²) in [6.07, 6.45) is 4.39. The highest BCUT2D eigenvalue weighted by atomic mass is 16.2. The molecule has 35 heavy (non-hydrogen) atoms. The second-order valence-electron chi connectivity index (χ2n) is 9.90. The molecule has 2 N–H and O–H groups in total. The highest BCUT2D eigenvalue weighted by Gasteiger charge is 2.29. The Morgan fingerprint density at radius 1 is 1.06 bits per heavy atom. The van der Waals surface area contributed by atoms with Crippen molar-refractivity contribution in [3.05, 3.63) is 53.5 Å². The molecular formula is C26H35N7O2. The van der Waals surface area contributed by atoms with Crippen molar-refractivity contribution in [1.82, 2.24) is 30.0 Å². The van der Waals surface area contributed by atoms with E-state index in [9.17, 15) is 9.59 Å². The van der Waals surface area contributed by atoms with Crippen molar-refractivity contribution in [3.8, 4) is 0 Å². The Bertz CT molecular complexity index is 1020. The Kier molecular flexibility index (Phi) is 7.24. The number of aromatic nitrogens is 2. The number of hydrogen-bond acceptors (Lipinski definition) is 7. The minimum absolute atomic E-state index is 0.121. The fourth-order valence-corrected chi connectivity index (χ4v) is 5.26. The van der Waals surface area contributed by atoms with E-state index in [4.69, 9.17) is 0 Å². The van der Waals surface area contributed by atoms with Gasteiger partial charge in [0.25, 0.3) is 5.91 Å². The molecule has 2 amide bonds. The smallest absolute Gasteiger partial charge is 0.270 e. The summed E-state index contributed by atoms with van der Waals surface area (Å²) in [5, 5.41) is 6.53. The summed E-state index contributed by atoms with van der Waals surface area (Å²) in [4.78, 5) is 39.8. The number of piperidine rings is 1. The normalized spacial score (nSPS) is 19.6. The van der Waals surface area contributed by atoms with Crippen molar-refractivity contribution in [2.24, 2.45) is 0 Å². The van der Waals surface area contributed by atoms with Crippen LogP contribution < -0.4 is 10.6 Å². The van der Waals surface area contributed by atoms with Crippen LogP contribution in [0.15, 0.2) is 36.7 Å². The Morgan fingerprint density at radius 2 is 1.77 bits per heavy atom. The maximum Gasteiger partial charge on any atom is 0.270 e. The number of fused-ring (bicyclic) bond motifs is 1. The maximum atomic E-state index is 13.0. The van der Waals surface area contributed by atoms with Gasteiger partial charge in [-0.1, -0.05) is 24.3 Å². The Balaban J connectivity index is 1.14. The first-order valence-corrected chi connectivity index (χ1v) is 12.7. The van der Waals surface area contributed by atoms with Gasteiger partial charge >= 0.3 is 0 Å². The molecule has 0 spiro atoms. The topological polar surface area (TPSA) is 93.7 Å². The van der Waals surface area contributed by atoms with E-state index >= 15 is 0 Å². The molecule has 9 nitrogen and oxygen atoms in total. The zero-order valence-electron chi connectivity index (χ0n) is 20.4. The molecule has 4 heterocycles. The quantitative estimate of drug-likeness (QED) is 0.598. The van der Waals surface area contributed by atoms with Crippen LogP contribution >= 0.6 is 0 Å². The van der Waals surface area contributed by atoms with E-state index in [1.807, 2.05) is 4.90 Å². The summed E-state index contributed by atoms with van der Waals surface area (Å²) in [6, 6.07) is 10.9. The zero-order chi connectivity index (χ0) is 24.2. The van der Waals surface area contributed by atoms with Crippen LogP contribution in [0.5, 0.6) is 0 Å². The van der Waals surface area contributed by atoms with Crippen LogP contribution in [0.4, 0.5) is 5.82 Å². The van der Waals surface area contributed by atoms with Crippen molar-refractivity contribution < 1.29 is 9.59 Å². The van der Waals surface area contributed by atoms with Crippen LogP contribution in [0.2, 0.25) is 0 Å². The van der Waals surface area contributed by atoms with Crippen LogP contribution in [0.25, 0.3) is 0 Å². The van der Waals surface area contributed by atoms with Gasteiger partial charge in [0.05, 0.1) is 0 Å². The molecule has 2 fully saturated rings. The number of carbonyl (C=O) groups excluding carboxylic acids is 2. The molecule has 9 heteroatoms. The molecule has 0 radical (unpaired) electrons. The van der Waals surface area contributed by atoms with Gasteiger partial charge in [-0.15, -0.1) is 0 Å². The van der Waals surface area contributed by atoms with Gasteiger partial charge < -0.3 is 15.5 Å². The number of hydrogen-bond donors (Lipinski definition) is 2. The third-order valence-corrected chi connectivity index (χ3v) is 7.47. The Labute approximate surface area is 206 Å². The number of rotatable bonds is 8. The first-order valence-electron chi connectivity index (χ1n) is 12.7. The van der Waals surface area contributed by atoms with E-state index in [1.54, 1.807) is 13.0 Å². The lowest BCUT2D eigenvalue weighted by Crippen LogP contribution is -2.54. The summed E-state index contributed by atoms with van der Waals surface area (Å²) in [6.45, 7) is 8.75. The van der Waals surface area contributed by atoms with Gasteiger partial charge in [0.2, 0.25) is 5.91 Å². The average molecular weight is 478 g/mol. The number of amides is 2. The molecule has 2 aromatic rings. The molecule has 0 saturated carbocycles. The van der Waals surface area contributed by atoms with Crippen LogP contribution in [0.3, 0.4) is 0 Å². The van der Waals surface area contributed by atoms with Crippen LogP contribution in [0, 0.1) is 0 Å². The largest absolute Gasteiger partial charge is 0.367 e. The summed E-state index contributed by atoms with van der Waals surface area (Å²) in [5.41, 5.74) is 3.19. The van der Waals surface area contributed by atoms with Gasteiger partial charge in [0, 0.05) is 64.3 Å². The van der Waals surface area contributed by atoms with E-state index in [0.29, 0.717) is 18.1 Å². The van der Waals surface area contributed by atoms with E-state index in [2.05, 4.69) is 54.7 Å². The van der Waals surface area contributed by atoms with E-state index < -0.39 is 0 Å². The molecule has 0 bridgehead atoms. The van der Waals surface area contributed by atoms with Crippen molar-refractivity contribution >= 4 is 17.6 Å². The van der Waals surface area contributed by atoms with Crippen LogP contribution in [-0.4, -0.2) is 87.8 Å². The summed E-state index contributed by atoms with van der Waals surface area (Å²) < 4.78 is 0. The number of nitrogens with one attached hydrogen (secondary N) is 2.